The zero-order valence-electron chi connectivity index (χ0n) is 14.0. The van der Waals surface area contributed by atoms with Crippen molar-refractivity contribution in [1.29, 1.82) is 0 Å². The number of benzene rings is 1. The number of carbonyl (C=O) groups is 4. The maximum Gasteiger partial charge on any atom is 0.413 e. The molecule has 134 valence electrons. The fraction of sp³-hybridized carbons (Fsp3) is 0.294. The molecular formula is C17H20N2O6. The topological polar surface area (TPSA) is 111 Å². The van der Waals surface area contributed by atoms with Crippen LogP contribution < -0.4 is 10.6 Å². The number of ether oxygens (including phenoxy) is 2. The predicted octanol–water partition coefficient (Wildman–Crippen LogP) is 1.02. The number of carbonyl (C=O) groups excluding carboxylic acids is 4. The third-order valence-electron chi connectivity index (χ3n) is 2.94. The molecule has 0 saturated carbocycles. The molecule has 8 nitrogen and oxygen atoms in total. The SMILES string of the molecule is COC(=O)NC(=O)[C@H](C)OC(=O)CCNC(=O)/C=C/c1ccccc1. The third kappa shape index (κ3) is 8.31. The Labute approximate surface area is 145 Å². The molecule has 0 heterocycles. The molecule has 0 aliphatic heterocycles. The zero-order chi connectivity index (χ0) is 18.7. The Morgan fingerprint density at radius 1 is 1.16 bits per heavy atom. The maximum atomic E-state index is 11.6. The first kappa shape index (κ1) is 19.9. The van der Waals surface area contributed by atoms with Crippen molar-refractivity contribution >= 4 is 30.0 Å². The fourth-order valence-corrected chi connectivity index (χ4v) is 1.65. The standard InChI is InChI=1S/C17H20N2O6/c1-12(16(22)19-17(23)24-2)25-15(21)10-11-18-14(20)9-8-13-6-4-3-5-7-13/h3-9,12H,10-11H2,1-2H3,(H,18,20)(H,19,22,23)/b9-8+/t12-/m0/s1. The Bertz CT molecular complexity index is 642. The molecule has 0 aromatic heterocycles. The van der Waals surface area contributed by atoms with Gasteiger partial charge in [0.15, 0.2) is 6.10 Å². The van der Waals surface area contributed by atoms with Crippen LogP contribution in [0, 0.1) is 0 Å². The number of esters is 1. The largest absolute Gasteiger partial charge is 0.453 e. The van der Waals surface area contributed by atoms with Crippen LogP contribution >= 0.6 is 0 Å². The molecule has 1 rings (SSSR count). The quantitative estimate of drug-likeness (QED) is 0.562. The molecule has 0 aliphatic rings. The number of rotatable bonds is 7. The van der Waals surface area contributed by atoms with Gasteiger partial charge < -0.3 is 14.8 Å². The number of alkyl carbamates (subject to hydrolysis) is 1. The Kier molecular flexibility index (Phi) is 8.42. The van der Waals surface area contributed by atoms with Crippen molar-refractivity contribution in [2.45, 2.75) is 19.4 Å². The van der Waals surface area contributed by atoms with E-state index in [1.165, 1.54) is 13.0 Å². The van der Waals surface area contributed by atoms with Crippen LogP contribution in [0.1, 0.15) is 18.9 Å². The first-order valence-electron chi connectivity index (χ1n) is 7.51. The second-order valence-corrected chi connectivity index (χ2v) is 4.90. The van der Waals surface area contributed by atoms with Crippen LogP contribution in [0.4, 0.5) is 4.79 Å². The van der Waals surface area contributed by atoms with Crippen LogP contribution in [-0.4, -0.2) is 43.6 Å². The third-order valence-corrected chi connectivity index (χ3v) is 2.94. The van der Waals surface area contributed by atoms with Gasteiger partial charge in [-0.2, -0.15) is 0 Å². The van der Waals surface area contributed by atoms with E-state index in [-0.39, 0.29) is 18.9 Å². The van der Waals surface area contributed by atoms with Gasteiger partial charge in [0, 0.05) is 12.6 Å². The highest BCUT2D eigenvalue weighted by Crippen LogP contribution is 2.00. The van der Waals surface area contributed by atoms with E-state index in [0.29, 0.717) is 0 Å². The second kappa shape index (κ2) is 10.6. The van der Waals surface area contributed by atoms with Gasteiger partial charge in [-0.25, -0.2) is 4.79 Å². The van der Waals surface area contributed by atoms with Gasteiger partial charge in [-0.15, -0.1) is 0 Å². The summed E-state index contributed by atoms with van der Waals surface area (Å²) in [6, 6.07) is 9.27. The van der Waals surface area contributed by atoms with Gasteiger partial charge in [-0.3, -0.25) is 19.7 Å². The van der Waals surface area contributed by atoms with Gasteiger partial charge in [-0.05, 0) is 18.6 Å². The Balaban J connectivity index is 2.27. The maximum absolute atomic E-state index is 11.6. The summed E-state index contributed by atoms with van der Waals surface area (Å²) in [5.74, 6) is -1.83. The fourth-order valence-electron chi connectivity index (χ4n) is 1.65. The van der Waals surface area contributed by atoms with Gasteiger partial charge in [0.2, 0.25) is 5.91 Å². The van der Waals surface area contributed by atoms with Crippen molar-refractivity contribution in [2.24, 2.45) is 0 Å². The van der Waals surface area contributed by atoms with E-state index < -0.39 is 24.1 Å². The van der Waals surface area contributed by atoms with Crippen molar-refractivity contribution in [3.63, 3.8) is 0 Å². The summed E-state index contributed by atoms with van der Waals surface area (Å²) in [6.07, 6.45) is 0.798. The van der Waals surface area contributed by atoms with Gasteiger partial charge >= 0.3 is 12.1 Å². The number of hydrogen-bond acceptors (Lipinski definition) is 6. The summed E-state index contributed by atoms with van der Waals surface area (Å²) in [7, 11) is 1.11. The number of hydrogen-bond donors (Lipinski definition) is 2. The molecule has 8 heteroatoms. The summed E-state index contributed by atoms with van der Waals surface area (Å²) in [5.41, 5.74) is 0.877. The van der Waals surface area contributed by atoms with E-state index in [1.54, 1.807) is 6.08 Å². The lowest BCUT2D eigenvalue weighted by molar-refractivity contribution is -0.154. The van der Waals surface area contributed by atoms with E-state index in [1.807, 2.05) is 35.6 Å². The molecule has 25 heavy (non-hydrogen) atoms. The number of amides is 3. The monoisotopic (exact) mass is 348 g/mol. The van der Waals surface area contributed by atoms with Crippen molar-refractivity contribution in [2.75, 3.05) is 13.7 Å². The second-order valence-electron chi connectivity index (χ2n) is 4.90. The van der Waals surface area contributed by atoms with Gasteiger partial charge in [-0.1, -0.05) is 30.3 Å². The van der Waals surface area contributed by atoms with Gasteiger partial charge in [0.1, 0.15) is 0 Å². The summed E-state index contributed by atoms with van der Waals surface area (Å²) < 4.78 is 9.10. The van der Waals surface area contributed by atoms with Crippen LogP contribution in [0.5, 0.6) is 0 Å². The summed E-state index contributed by atoms with van der Waals surface area (Å²) in [6.45, 7) is 1.37. The van der Waals surface area contributed by atoms with Gasteiger partial charge in [0.25, 0.3) is 5.91 Å². The van der Waals surface area contributed by atoms with Gasteiger partial charge in [0.05, 0.1) is 13.5 Å². The Morgan fingerprint density at radius 2 is 1.84 bits per heavy atom. The lowest BCUT2D eigenvalue weighted by atomic mass is 10.2. The molecule has 0 spiro atoms. The zero-order valence-corrected chi connectivity index (χ0v) is 14.0. The molecule has 1 aromatic carbocycles. The first-order valence-corrected chi connectivity index (χ1v) is 7.51. The average molecular weight is 348 g/mol. The molecule has 0 aliphatic carbocycles. The van der Waals surface area contributed by atoms with E-state index in [0.717, 1.165) is 12.7 Å². The van der Waals surface area contributed by atoms with Crippen LogP contribution in [-0.2, 0) is 23.9 Å². The smallest absolute Gasteiger partial charge is 0.413 e. The van der Waals surface area contributed by atoms with Crippen LogP contribution in [0.2, 0.25) is 0 Å². The number of nitrogens with one attached hydrogen (secondary N) is 2. The summed E-state index contributed by atoms with van der Waals surface area (Å²) in [5, 5.41) is 4.41. The van der Waals surface area contributed by atoms with E-state index in [9.17, 15) is 19.2 Å². The lowest BCUT2D eigenvalue weighted by Crippen LogP contribution is -2.39. The molecule has 2 N–H and O–H groups in total. The average Bonchev–Trinajstić information content (AvgIpc) is 2.60. The van der Waals surface area contributed by atoms with Crippen LogP contribution in [0.25, 0.3) is 6.08 Å². The normalized spacial score (nSPS) is 11.4. The molecule has 0 saturated heterocycles. The minimum absolute atomic E-state index is 0.0577. The Morgan fingerprint density at radius 3 is 2.48 bits per heavy atom. The van der Waals surface area contributed by atoms with Crippen molar-refractivity contribution in [3.05, 3.63) is 42.0 Å². The van der Waals surface area contributed by atoms with E-state index in [2.05, 4.69) is 10.1 Å². The highest BCUT2D eigenvalue weighted by atomic mass is 16.6. The first-order chi connectivity index (χ1) is 11.9. The summed E-state index contributed by atoms with van der Waals surface area (Å²) in [4.78, 5) is 45.6. The molecule has 0 radical (unpaired) electrons. The molecular weight excluding hydrogens is 328 g/mol. The lowest BCUT2D eigenvalue weighted by Gasteiger charge is -2.12. The number of imide groups is 1. The summed E-state index contributed by atoms with van der Waals surface area (Å²) >= 11 is 0. The van der Waals surface area contributed by atoms with E-state index >= 15 is 0 Å². The van der Waals surface area contributed by atoms with Crippen LogP contribution in [0.15, 0.2) is 36.4 Å². The van der Waals surface area contributed by atoms with Crippen molar-refractivity contribution in [3.8, 4) is 0 Å². The van der Waals surface area contributed by atoms with Crippen molar-refractivity contribution in [1.82, 2.24) is 10.6 Å². The van der Waals surface area contributed by atoms with E-state index in [4.69, 9.17) is 4.74 Å². The van der Waals surface area contributed by atoms with Crippen LogP contribution in [0.3, 0.4) is 0 Å². The molecule has 0 fully saturated rings. The Hall–Kier alpha value is -3.16. The molecule has 1 atom stereocenters. The number of methoxy groups -OCH3 is 1. The molecule has 0 unspecified atom stereocenters. The molecule has 0 bridgehead atoms. The minimum Gasteiger partial charge on any atom is -0.453 e. The van der Waals surface area contributed by atoms with Crippen molar-refractivity contribution < 1.29 is 28.7 Å². The molecule has 3 amide bonds. The minimum atomic E-state index is -1.15. The molecule has 1 aromatic rings. The highest BCUT2D eigenvalue weighted by molar-refractivity contribution is 5.95. The predicted molar refractivity (Wildman–Crippen MR) is 89.2 cm³/mol. The highest BCUT2D eigenvalue weighted by Gasteiger charge is 2.19.